The molecule has 0 N–H and O–H groups in total. The molecule has 0 bridgehead atoms. The summed E-state index contributed by atoms with van der Waals surface area (Å²) in [5.41, 5.74) is 2.43. The third-order valence-electron chi connectivity index (χ3n) is 2.54. The minimum atomic E-state index is 0.606. The highest BCUT2D eigenvalue weighted by Crippen LogP contribution is 2.30. The summed E-state index contributed by atoms with van der Waals surface area (Å²) in [6, 6.07) is 4.50. The van der Waals surface area contributed by atoms with E-state index in [0.717, 1.165) is 5.69 Å². The number of hydrogen-bond acceptors (Lipinski definition) is 2. The van der Waals surface area contributed by atoms with Crippen molar-refractivity contribution in [1.29, 1.82) is 0 Å². The first-order chi connectivity index (χ1) is 6.58. The number of fused-ring (bicyclic) bond motifs is 1. The molecule has 1 nitrogen and oxygen atoms in total. The van der Waals surface area contributed by atoms with Crippen LogP contribution in [0.5, 0.6) is 0 Å². The van der Waals surface area contributed by atoms with Gasteiger partial charge in [-0.15, -0.1) is 11.3 Å². The largest absolute Gasteiger partial charge is 0.242 e. The van der Waals surface area contributed by atoms with Crippen molar-refractivity contribution >= 4 is 21.6 Å². The Balaban J connectivity index is 2.66. The van der Waals surface area contributed by atoms with Crippen LogP contribution in [0.25, 0.3) is 10.2 Å². The first-order valence-corrected chi connectivity index (χ1v) is 5.77. The molecule has 0 atom stereocenters. The molecule has 0 saturated carbocycles. The van der Waals surface area contributed by atoms with Gasteiger partial charge in [-0.2, -0.15) is 0 Å². The molecule has 2 rings (SSSR count). The van der Waals surface area contributed by atoms with Crippen LogP contribution in [-0.2, 0) is 0 Å². The second-order valence-electron chi connectivity index (χ2n) is 4.09. The Bertz CT molecular complexity index is 429. The molecule has 0 fully saturated rings. The molecule has 0 amide bonds. The lowest BCUT2D eigenvalue weighted by atomic mass is 10.1. The molecule has 2 aromatic rings. The highest BCUT2D eigenvalue weighted by Gasteiger charge is 2.07. The molecule has 2 aromatic heterocycles. The van der Waals surface area contributed by atoms with Crippen LogP contribution in [0.4, 0.5) is 0 Å². The first-order valence-electron chi connectivity index (χ1n) is 4.95. The predicted octanol–water partition coefficient (Wildman–Crippen LogP) is 4.04. The molecule has 0 aliphatic rings. The first kappa shape index (κ1) is 9.66. The molecule has 0 saturated heterocycles. The van der Waals surface area contributed by atoms with Gasteiger partial charge in [-0.25, -0.2) is 4.98 Å². The average Bonchev–Trinajstić information content (AvgIpc) is 2.48. The summed E-state index contributed by atoms with van der Waals surface area (Å²) in [7, 11) is 0. The van der Waals surface area contributed by atoms with E-state index in [1.165, 1.54) is 20.7 Å². The van der Waals surface area contributed by atoms with E-state index < -0.39 is 0 Å². The second kappa shape index (κ2) is 3.35. The van der Waals surface area contributed by atoms with E-state index in [-0.39, 0.29) is 0 Å². The van der Waals surface area contributed by atoms with Gasteiger partial charge in [-0.1, -0.05) is 13.8 Å². The van der Waals surface area contributed by atoms with Crippen molar-refractivity contribution in [2.24, 2.45) is 0 Å². The second-order valence-corrected chi connectivity index (χ2v) is 5.15. The quantitative estimate of drug-likeness (QED) is 0.684. The van der Waals surface area contributed by atoms with Crippen LogP contribution in [0.2, 0.25) is 0 Å². The molecule has 2 heterocycles. The Morgan fingerprint density at radius 3 is 2.57 bits per heavy atom. The summed E-state index contributed by atoms with van der Waals surface area (Å²) in [6.45, 7) is 8.65. The van der Waals surface area contributed by atoms with E-state index >= 15 is 0 Å². The molecule has 74 valence electrons. The summed E-state index contributed by atoms with van der Waals surface area (Å²) >= 11 is 1.82. The Hall–Kier alpha value is -0.890. The van der Waals surface area contributed by atoms with Gasteiger partial charge in [-0.05, 0) is 37.5 Å². The number of thiophene rings is 1. The van der Waals surface area contributed by atoms with E-state index in [2.05, 4.69) is 44.8 Å². The van der Waals surface area contributed by atoms with Crippen LogP contribution < -0.4 is 0 Å². The summed E-state index contributed by atoms with van der Waals surface area (Å²) in [4.78, 5) is 7.20. The Morgan fingerprint density at radius 1 is 1.21 bits per heavy atom. The Labute approximate surface area is 88.8 Å². The fourth-order valence-electron chi connectivity index (χ4n) is 1.47. The molecule has 2 heteroatoms. The van der Waals surface area contributed by atoms with Crippen molar-refractivity contribution in [2.75, 3.05) is 0 Å². The number of rotatable bonds is 1. The van der Waals surface area contributed by atoms with E-state index in [0.29, 0.717) is 5.92 Å². The minimum Gasteiger partial charge on any atom is -0.242 e. The zero-order valence-electron chi connectivity index (χ0n) is 9.09. The molecule has 0 aliphatic carbocycles. The number of pyridine rings is 1. The van der Waals surface area contributed by atoms with Crippen molar-refractivity contribution in [3.63, 3.8) is 0 Å². The number of hydrogen-bond donors (Lipinski definition) is 0. The Kier molecular flexibility index (Phi) is 2.31. The summed E-state index contributed by atoms with van der Waals surface area (Å²) in [6.07, 6.45) is 0. The normalized spacial score (nSPS) is 11.5. The Morgan fingerprint density at radius 2 is 1.93 bits per heavy atom. The lowest BCUT2D eigenvalue weighted by Crippen LogP contribution is -1.84. The van der Waals surface area contributed by atoms with E-state index in [9.17, 15) is 0 Å². The van der Waals surface area contributed by atoms with E-state index in [1.54, 1.807) is 0 Å². The van der Waals surface area contributed by atoms with Gasteiger partial charge in [-0.3, -0.25) is 0 Å². The smallest absolute Gasteiger partial charge is 0.123 e. The van der Waals surface area contributed by atoms with Crippen LogP contribution in [0.3, 0.4) is 0 Å². The predicted molar refractivity (Wildman–Crippen MR) is 63.2 cm³/mol. The SMILES string of the molecule is Cc1cc2cc(C(C)C)sc2nc1C. The van der Waals surface area contributed by atoms with Gasteiger partial charge in [0.05, 0.1) is 0 Å². The zero-order valence-corrected chi connectivity index (χ0v) is 9.90. The lowest BCUT2D eigenvalue weighted by Gasteiger charge is -1.96. The standard InChI is InChI=1S/C12H15NS/c1-7(2)11-6-10-5-8(3)9(4)13-12(10)14-11/h5-7H,1-4H3. The maximum absolute atomic E-state index is 4.60. The fraction of sp³-hybridized carbons (Fsp3) is 0.417. The lowest BCUT2D eigenvalue weighted by molar-refractivity contribution is 0.890. The molecule has 0 radical (unpaired) electrons. The molecule has 0 spiro atoms. The van der Waals surface area contributed by atoms with Crippen molar-refractivity contribution in [1.82, 2.24) is 4.98 Å². The van der Waals surface area contributed by atoms with Gasteiger partial charge in [0.25, 0.3) is 0 Å². The highest BCUT2D eigenvalue weighted by atomic mass is 32.1. The van der Waals surface area contributed by atoms with E-state index in [4.69, 9.17) is 0 Å². The topological polar surface area (TPSA) is 12.9 Å². The number of aryl methyl sites for hydroxylation is 2. The van der Waals surface area contributed by atoms with Crippen molar-refractivity contribution < 1.29 is 0 Å². The maximum atomic E-state index is 4.60. The molecular formula is C12H15NS. The summed E-state index contributed by atoms with van der Waals surface area (Å²) in [5.74, 6) is 0.606. The number of aromatic nitrogens is 1. The molecular weight excluding hydrogens is 190 g/mol. The van der Waals surface area contributed by atoms with Crippen LogP contribution in [-0.4, -0.2) is 4.98 Å². The van der Waals surface area contributed by atoms with E-state index in [1.807, 2.05) is 11.3 Å². The maximum Gasteiger partial charge on any atom is 0.123 e. The third-order valence-corrected chi connectivity index (χ3v) is 3.89. The van der Waals surface area contributed by atoms with Crippen LogP contribution in [0, 0.1) is 13.8 Å². The molecule has 14 heavy (non-hydrogen) atoms. The van der Waals surface area contributed by atoms with Gasteiger partial charge in [0, 0.05) is 16.0 Å². The molecule has 0 aromatic carbocycles. The van der Waals surface area contributed by atoms with Crippen LogP contribution in [0.1, 0.15) is 35.9 Å². The van der Waals surface area contributed by atoms with Crippen LogP contribution in [0.15, 0.2) is 12.1 Å². The van der Waals surface area contributed by atoms with Gasteiger partial charge in [0.1, 0.15) is 4.83 Å². The summed E-state index contributed by atoms with van der Waals surface area (Å²) < 4.78 is 0. The van der Waals surface area contributed by atoms with Gasteiger partial charge in [0.15, 0.2) is 0 Å². The molecule has 0 aliphatic heterocycles. The van der Waals surface area contributed by atoms with Crippen molar-refractivity contribution in [3.05, 3.63) is 28.3 Å². The minimum absolute atomic E-state index is 0.606. The van der Waals surface area contributed by atoms with Crippen molar-refractivity contribution in [2.45, 2.75) is 33.6 Å². The van der Waals surface area contributed by atoms with Gasteiger partial charge < -0.3 is 0 Å². The highest BCUT2D eigenvalue weighted by molar-refractivity contribution is 7.18. The monoisotopic (exact) mass is 205 g/mol. The summed E-state index contributed by atoms with van der Waals surface area (Å²) in [5, 5.41) is 1.29. The van der Waals surface area contributed by atoms with Crippen LogP contribution >= 0.6 is 11.3 Å². The zero-order chi connectivity index (χ0) is 10.3. The fourth-order valence-corrected chi connectivity index (χ4v) is 2.53. The number of nitrogens with zero attached hydrogens (tertiary/aromatic N) is 1. The van der Waals surface area contributed by atoms with Gasteiger partial charge in [0.2, 0.25) is 0 Å². The molecule has 0 unspecified atom stereocenters. The van der Waals surface area contributed by atoms with Gasteiger partial charge >= 0.3 is 0 Å². The average molecular weight is 205 g/mol. The third kappa shape index (κ3) is 1.55. The van der Waals surface area contributed by atoms with Crippen molar-refractivity contribution in [3.8, 4) is 0 Å².